The van der Waals surface area contributed by atoms with E-state index < -0.39 is 0 Å². The monoisotopic (exact) mass is 153 g/mol. The summed E-state index contributed by atoms with van der Waals surface area (Å²) in [5.41, 5.74) is 0.245. The van der Waals surface area contributed by atoms with Gasteiger partial charge < -0.3 is 4.90 Å². The van der Waals surface area contributed by atoms with Gasteiger partial charge >= 0.3 is 0 Å². The first-order valence-electron chi connectivity index (χ1n) is 4.46. The van der Waals surface area contributed by atoms with Gasteiger partial charge in [-0.15, -0.1) is 0 Å². The number of carbonyl (C=O) groups excluding carboxylic acids is 1. The van der Waals surface area contributed by atoms with E-state index in [4.69, 9.17) is 0 Å². The second kappa shape index (κ2) is 1.99. The Hall–Kier alpha value is -0.530. The van der Waals surface area contributed by atoms with Crippen molar-refractivity contribution >= 4 is 5.91 Å². The summed E-state index contributed by atoms with van der Waals surface area (Å²) in [5, 5.41) is 0. The fourth-order valence-corrected chi connectivity index (χ4v) is 2.60. The number of nitrogens with zero attached hydrogens (tertiary/aromatic N) is 1. The Labute approximate surface area is 67.6 Å². The summed E-state index contributed by atoms with van der Waals surface area (Å²) < 4.78 is 0. The van der Waals surface area contributed by atoms with Gasteiger partial charge in [-0.1, -0.05) is 0 Å². The van der Waals surface area contributed by atoms with Crippen molar-refractivity contribution in [2.24, 2.45) is 0 Å². The number of amides is 1. The van der Waals surface area contributed by atoms with E-state index in [0.717, 1.165) is 6.42 Å². The zero-order valence-corrected chi connectivity index (χ0v) is 7.26. The van der Waals surface area contributed by atoms with Gasteiger partial charge in [-0.25, -0.2) is 0 Å². The van der Waals surface area contributed by atoms with Crippen molar-refractivity contribution in [2.75, 3.05) is 0 Å². The third kappa shape index (κ3) is 0.815. The van der Waals surface area contributed by atoms with Crippen LogP contribution in [0.5, 0.6) is 0 Å². The molecular formula is C9H15NO. The summed E-state index contributed by atoms with van der Waals surface area (Å²) in [5.74, 6) is 0.361. The Morgan fingerprint density at radius 3 is 2.82 bits per heavy atom. The van der Waals surface area contributed by atoms with Crippen molar-refractivity contribution < 1.29 is 4.79 Å². The molecule has 0 radical (unpaired) electrons. The minimum atomic E-state index is 0.245. The van der Waals surface area contributed by atoms with Gasteiger partial charge in [-0.2, -0.15) is 0 Å². The molecule has 1 amide bonds. The third-order valence-corrected chi connectivity index (χ3v) is 3.16. The molecule has 2 heteroatoms. The Morgan fingerprint density at radius 1 is 1.64 bits per heavy atom. The molecule has 0 bridgehead atoms. The van der Waals surface area contributed by atoms with Gasteiger partial charge in [0.25, 0.3) is 0 Å². The molecule has 0 saturated carbocycles. The van der Waals surface area contributed by atoms with Crippen molar-refractivity contribution in [3.05, 3.63) is 0 Å². The predicted octanol–water partition coefficient (Wildman–Crippen LogP) is 1.55. The molecule has 0 spiro atoms. The Bertz CT molecular complexity index is 202. The van der Waals surface area contributed by atoms with E-state index in [1.807, 2.05) is 0 Å². The van der Waals surface area contributed by atoms with Crippen LogP contribution in [0.2, 0.25) is 0 Å². The minimum Gasteiger partial charge on any atom is -0.334 e. The van der Waals surface area contributed by atoms with E-state index in [2.05, 4.69) is 18.7 Å². The van der Waals surface area contributed by atoms with E-state index in [-0.39, 0.29) is 5.54 Å². The van der Waals surface area contributed by atoms with Gasteiger partial charge in [0, 0.05) is 18.0 Å². The van der Waals surface area contributed by atoms with E-state index in [9.17, 15) is 4.79 Å². The minimum absolute atomic E-state index is 0.245. The first-order valence-corrected chi connectivity index (χ1v) is 4.46. The Balaban J connectivity index is 2.18. The Morgan fingerprint density at radius 2 is 2.36 bits per heavy atom. The average Bonchev–Trinajstić information content (AvgIpc) is 1.84. The summed E-state index contributed by atoms with van der Waals surface area (Å²) >= 11 is 0. The zero-order chi connectivity index (χ0) is 8.06. The summed E-state index contributed by atoms with van der Waals surface area (Å²) in [6, 6.07) is 0.495. The fourth-order valence-electron chi connectivity index (χ4n) is 2.60. The van der Waals surface area contributed by atoms with E-state index in [1.54, 1.807) is 0 Å². The lowest BCUT2D eigenvalue weighted by Gasteiger charge is -2.56. The number of fused-ring (bicyclic) bond motifs is 1. The number of rotatable bonds is 0. The van der Waals surface area contributed by atoms with Gasteiger partial charge in [0.15, 0.2) is 0 Å². The third-order valence-electron chi connectivity index (χ3n) is 3.16. The quantitative estimate of drug-likeness (QED) is 0.483. The first kappa shape index (κ1) is 7.14. The van der Waals surface area contributed by atoms with E-state index in [1.165, 1.54) is 19.3 Å². The number of hydrogen-bond donors (Lipinski definition) is 0. The number of carbonyl (C=O) groups is 1. The topological polar surface area (TPSA) is 20.3 Å². The molecule has 0 unspecified atom stereocenters. The molecule has 0 aromatic heterocycles. The van der Waals surface area contributed by atoms with Crippen LogP contribution < -0.4 is 0 Å². The van der Waals surface area contributed by atoms with Crippen LogP contribution in [-0.4, -0.2) is 22.4 Å². The van der Waals surface area contributed by atoms with E-state index >= 15 is 0 Å². The Kier molecular flexibility index (Phi) is 1.29. The molecule has 0 aromatic carbocycles. The lowest BCUT2D eigenvalue weighted by Crippen LogP contribution is -2.66. The SMILES string of the molecule is C[C@H]1CCC[C@@]2(C)CC(=O)N12. The van der Waals surface area contributed by atoms with Crippen LogP contribution in [0.1, 0.15) is 39.5 Å². The van der Waals surface area contributed by atoms with Crippen molar-refractivity contribution in [1.29, 1.82) is 0 Å². The average molecular weight is 153 g/mol. The molecule has 2 aliphatic rings. The van der Waals surface area contributed by atoms with Gasteiger partial charge in [-0.3, -0.25) is 4.79 Å². The highest BCUT2D eigenvalue weighted by atomic mass is 16.2. The van der Waals surface area contributed by atoms with Gasteiger partial charge in [0.1, 0.15) is 0 Å². The van der Waals surface area contributed by atoms with Crippen LogP contribution in [0.4, 0.5) is 0 Å². The van der Waals surface area contributed by atoms with Gasteiger partial charge in [0.05, 0.1) is 0 Å². The largest absolute Gasteiger partial charge is 0.334 e. The zero-order valence-electron chi connectivity index (χ0n) is 7.26. The van der Waals surface area contributed by atoms with Crippen LogP contribution in [0, 0.1) is 0 Å². The van der Waals surface area contributed by atoms with Crippen molar-refractivity contribution in [3.63, 3.8) is 0 Å². The number of β-lactam (4-membered cyclic amide) rings is 1. The van der Waals surface area contributed by atoms with Crippen molar-refractivity contribution in [2.45, 2.75) is 51.1 Å². The molecule has 0 aromatic rings. The molecule has 2 nitrogen and oxygen atoms in total. The maximum absolute atomic E-state index is 11.2. The van der Waals surface area contributed by atoms with Crippen LogP contribution in [0.25, 0.3) is 0 Å². The molecular weight excluding hydrogens is 138 g/mol. The molecule has 2 saturated heterocycles. The van der Waals surface area contributed by atoms with Gasteiger partial charge in [0.2, 0.25) is 5.91 Å². The molecule has 2 aliphatic heterocycles. The second-order valence-electron chi connectivity index (χ2n) is 4.18. The summed E-state index contributed by atoms with van der Waals surface area (Å²) in [6.07, 6.45) is 4.49. The fraction of sp³-hybridized carbons (Fsp3) is 0.889. The van der Waals surface area contributed by atoms with Crippen LogP contribution >= 0.6 is 0 Å². The van der Waals surface area contributed by atoms with Crippen molar-refractivity contribution in [3.8, 4) is 0 Å². The predicted molar refractivity (Wildman–Crippen MR) is 43.2 cm³/mol. The smallest absolute Gasteiger partial charge is 0.225 e. The first-order chi connectivity index (χ1) is 5.13. The standard InChI is InChI=1S/C9H15NO/c1-7-4-3-5-9(2)6-8(11)10(7)9/h7H,3-6H2,1-2H3/t7-,9-/m0/s1. The molecule has 11 heavy (non-hydrogen) atoms. The highest BCUT2D eigenvalue weighted by Gasteiger charge is 2.50. The summed E-state index contributed by atoms with van der Waals surface area (Å²) in [6.45, 7) is 4.37. The molecule has 2 rings (SSSR count). The number of hydrogen-bond acceptors (Lipinski definition) is 1. The maximum atomic E-state index is 11.2. The van der Waals surface area contributed by atoms with Crippen LogP contribution in [-0.2, 0) is 4.79 Å². The molecule has 0 N–H and O–H groups in total. The van der Waals surface area contributed by atoms with Crippen LogP contribution in [0.3, 0.4) is 0 Å². The second-order valence-corrected chi connectivity index (χ2v) is 4.18. The molecule has 2 heterocycles. The lowest BCUT2D eigenvalue weighted by atomic mass is 9.75. The highest BCUT2D eigenvalue weighted by Crippen LogP contribution is 2.42. The maximum Gasteiger partial charge on any atom is 0.225 e. The lowest BCUT2D eigenvalue weighted by molar-refractivity contribution is -0.165. The summed E-state index contributed by atoms with van der Waals surface area (Å²) in [7, 11) is 0. The highest BCUT2D eigenvalue weighted by molar-refractivity contribution is 5.85. The number of piperidine rings is 1. The molecule has 62 valence electrons. The summed E-state index contributed by atoms with van der Waals surface area (Å²) in [4.78, 5) is 13.3. The molecule has 2 atom stereocenters. The van der Waals surface area contributed by atoms with Gasteiger partial charge in [-0.05, 0) is 33.1 Å². The van der Waals surface area contributed by atoms with Crippen molar-refractivity contribution in [1.82, 2.24) is 4.90 Å². The molecule has 2 fully saturated rings. The van der Waals surface area contributed by atoms with E-state index in [0.29, 0.717) is 11.9 Å². The molecule has 0 aliphatic carbocycles. The normalized spacial score (nSPS) is 43.3. The van der Waals surface area contributed by atoms with Crippen LogP contribution in [0.15, 0.2) is 0 Å².